The van der Waals surface area contributed by atoms with Gasteiger partial charge in [0.05, 0.1) is 6.04 Å². The lowest BCUT2D eigenvalue weighted by Gasteiger charge is -2.24. The maximum atomic E-state index is 11.9. The second-order valence-corrected chi connectivity index (χ2v) is 5.80. The van der Waals surface area contributed by atoms with Gasteiger partial charge in [0.15, 0.2) is 0 Å². The summed E-state index contributed by atoms with van der Waals surface area (Å²) in [6.07, 6.45) is 6.93. The van der Waals surface area contributed by atoms with Crippen molar-refractivity contribution in [3.8, 4) is 5.88 Å². The predicted molar refractivity (Wildman–Crippen MR) is 85.7 cm³/mol. The molecular weight excluding hydrogens is 284 g/mol. The van der Waals surface area contributed by atoms with Crippen molar-refractivity contribution in [1.29, 1.82) is 0 Å². The summed E-state index contributed by atoms with van der Waals surface area (Å²) in [5, 5.41) is 10.2. The first kappa shape index (κ1) is 16.5. The quantitative estimate of drug-likeness (QED) is 0.696. The largest absolute Gasteiger partial charge is 0.494 e. The van der Waals surface area contributed by atoms with Crippen LogP contribution in [0.3, 0.4) is 0 Å². The van der Waals surface area contributed by atoms with E-state index in [1.54, 1.807) is 0 Å². The molecule has 0 amide bonds. The Kier molecular flexibility index (Phi) is 5.54. The van der Waals surface area contributed by atoms with Gasteiger partial charge < -0.3 is 10.8 Å². The Balaban J connectivity index is 2.30. The predicted octanol–water partition coefficient (Wildman–Crippen LogP) is 0.731. The highest BCUT2D eigenvalue weighted by atomic mass is 16.3. The first-order chi connectivity index (χ1) is 10.5. The van der Waals surface area contributed by atoms with Gasteiger partial charge in [-0.15, -0.1) is 0 Å². The monoisotopic (exact) mass is 308 g/mol. The molecule has 7 heteroatoms. The van der Waals surface area contributed by atoms with E-state index in [4.69, 9.17) is 5.73 Å². The van der Waals surface area contributed by atoms with Gasteiger partial charge in [0.25, 0.3) is 5.56 Å². The van der Waals surface area contributed by atoms with Gasteiger partial charge in [0.1, 0.15) is 5.56 Å². The van der Waals surface area contributed by atoms with E-state index in [0.717, 1.165) is 38.5 Å². The van der Waals surface area contributed by atoms with Crippen LogP contribution in [-0.4, -0.2) is 33.0 Å². The van der Waals surface area contributed by atoms with Gasteiger partial charge in [-0.05, 0) is 19.3 Å². The third-order valence-electron chi connectivity index (χ3n) is 4.12. The summed E-state index contributed by atoms with van der Waals surface area (Å²) in [6, 6.07) is -0.0548. The molecule has 1 aliphatic carbocycles. The molecule has 0 bridgehead atoms. The zero-order valence-corrected chi connectivity index (χ0v) is 12.9. The molecular formula is C15H24N4O3. The minimum Gasteiger partial charge on any atom is -0.494 e. The van der Waals surface area contributed by atoms with Gasteiger partial charge >= 0.3 is 5.69 Å². The first-order valence-electron chi connectivity index (χ1n) is 7.89. The van der Waals surface area contributed by atoms with E-state index in [1.807, 2.05) is 6.92 Å². The van der Waals surface area contributed by atoms with E-state index in [1.165, 1.54) is 10.8 Å². The topological polar surface area (TPSA) is 113 Å². The van der Waals surface area contributed by atoms with Gasteiger partial charge in [-0.3, -0.25) is 19.3 Å². The van der Waals surface area contributed by atoms with E-state index >= 15 is 0 Å². The molecule has 1 aliphatic rings. The normalized spacial score (nSPS) is 22.3. The van der Waals surface area contributed by atoms with Crippen molar-refractivity contribution in [2.24, 2.45) is 10.7 Å². The number of hydrogen-bond acceptors (Lipinski definition) is 5. The molecule has 2 atom stereocenters. The van der Waals surface area contributed by atoms with Crippen LogP contribution in [0.25, 0.3) is 0 Å². The standard InChI is InChI=1S/C15H24N4O3/c1-2-3-8-19-14(21)10(13(20)18-15(19)22)9-17-12-7-5-4-6-11(12)16/h9,11-12,21H,2-8,16H2,1H3,(H,18,20,22)/t11-,12-/m0/s1. The van der Waals surface area contributed by atoms with Crippen molar-refractivity contribution < 1.29 is 5.11 Å². The number of hydrogen-bond donors (Lipinski definition) is 3. The lowest BCUT2D eigenvalue weighted by Crippen LogP contribution is -2.36. The first-order valence-corrected chi connectivity index (χ1v) is 7.89. The van der Waals surface area contributed by atoms with E-state index in [0.29, 0.717) is 6.54 Å². The SMILES string of the molecule is CCCCn1c(O)c(C=N[C@H]2CCCC[C@@H]2N)c(=O)[nH]c1=O. The summed E-state index contributed by atoms with van der Waals surface area (Å²) in [7, 11) is 0. The van der Waals surface area contributed by atoms with Crippen LogP contribution in [0.4, 0.5) is 0 Å². The Bertz CT molecular complexity index is 647. The third-order valence-corrected chi connectivity index (χ3v) is 4.12. The van der Waals surface area contributed by atoms with Crippen molar-refractivity contribution >= 4 is 6.21 Å². The van der Waals surface area contributed by atoms with Crippen LogP contribution in [0, 0.1) is 0 Å². The number of aliphatic imine (C=N–C) groups is 1. The molecule has 1 heterocycles. The number of rotatable bonds is 5. The number of H-pyrrole nitrogens is 1. The molecule has 0 aliphatic heterocycles. The summed E-state index contributed by atoms with van der Waals surface area (Å²) in [4.78, 5) is 30.2. The van der Waals surface area contributed by atoms with Crippen LogP contribution >= 0.6 is 0 Å². The van der Waals surface area contributed by atoms with E-state index < -0.39 is 11.2 Å². The maximum Gasteiger partial charge on any atom is 0.331 e. The number of nitrogens with one attached hydrogen (secondary N) is 1. The van der Waals surface area contributed by atoms with E-state index in [9.17, 15) is 14.7 Å². The van der Waals surface area contributed by atoms with Crippen molar-refractivity contribution in [3.63, 3.8) is 0 Å². The molecule has 7 nitrogen and oxygen atoms in total. The molecule has 1 fully saturated rings. The molecule has 1 aromatic rings. The highest BCUT2D eigenvalue weighted by Gasteiger charge is 2.21. The molecule has 0 unspecified atom stereocenters. The highest BCUT2D eigenvalue weighted by molar-refractivity contribution is 5.82. The fourth-order valence-electron chi connectivity index (χ4n) is 2.71. The number of nitrogens with zero attached hydrogens (tertiary/aromatic N) is 2. The molecule has 2 rings (SSSR count). The third kappa shape index (κ3) is 3.65. The summed E-state index contributed by atoms with van der Waals surface area (Å²) in [5.41, 5.74) is 4.83. The lowest BCUT2D eigenvalue weighted by molar-refractivity contribution is 0.385. The van der Waals surface area contributed by atoms with Gasteiger partial charge in [-0.25, -0.2) is 4.79 Å². The highest BCUT2D eigenvalue weighted by Crippen LogP contribution is 2.20. The fraction of sp³-hybridized carbons (Fsp3) is 0.667. The van der Waals surface area contributed by atoms with Crippen LogP contribution in [0.2, 0.25) is 0 Å². The average Bonchev–Trinajstić information content (AvgIpc) is 2.48. The molecule has 0 aromatic carbocycles. The Labute approximate surface area is 128 Å². The number of unbranched alkanes of at least 4 members (excludes halogenated alkanes) is 1. The Hall–Kier alpha value is -1.89. The minimum absolute atomic E-state index is 0.0165. The van der Waals surface area contributed by atoms with E-state index in [-0.39, 0.29) is 23.5 Å². The van der Waals surface area contributed by atoms with Crippen LogP contribution in [0.1, 0.15) is 51.0 Å². The second-order valence-electron chi connectivity index (χ2n) is 5.80. The van der Waals surface area contributed by atoms with Crippen molar-refractivity contribution in [1.82, 2.24) is 9.55 Å². The molecule has 0 spiro atoms. The summed E-state index contributed by atoms with van der Waals surface area (Å²) in [5.74, 6) is -0.324. The lowest BCUT2D eigenvalue weighted by atomic mass is 9.91. The average molecular weight is 308 g/mol. The molecule has 122 valence electrons. The Morgan fingerprint density at radius 3 is 2.82 bits per heavy atom. The van der Waals surface area contributed by atoms with Crippen molar-refractivity contribution in [2.45, 2.75) is 64.1 Å². The molecule has 1 saturated carbocycles. The molecule has 0 saturated heterocycles. The number of aromatic hydroxyl groups is 1. The zero-order chi connectivity index (χ0) is 16.1. The zero-order valence-electron chi connectivity index (χ0n) is 12.9. The minimum atomic E-state index is -0.622. The summed E-state index contributed by atoms with van der Waals surface area (Å²) < 4.78 is 1.17. The second kappa shape index (κ2) is 7.40. The molecule has 4 N–H and O–H groups in total. The molecule has 22 heavy (non-hydrogen) atoms. The smallest absolute Gasteiger partial charge is 0.331 e. The summed E-state index contributed by atoms with van der Waals surface area (Å²) in [6.45, 7) is 2.35. The fourth-order valence-corrected chi connectivity index (χ4v) is 2.71. The number of nitrogens with two attached hydrogens (primary N) is 1. The van der Waals surface area contributed by atoms with Crippen LogP contribution in [0.5, 0.6) is 5.88 Å². The van der Waals surface area contributed by atoms with Gasteiger partial charge in [0, 0.05) is 18.8 Å². The number of aromatic nitrogens is 2. The Morgan fingerprint density at radius 2 is 2.14 bits per heavy atom. The maximum absolute atomic E-state index is 11.9. The molecule has 1 aromatic heterocycles. The van der Waals surface area contributed by atoms with Gasteiger partial charge in [0.2, 0.25) is 5.88 Å². The van der Waals surface area contributed by atoms with Crippen LogP contribution < -0.4 is 17.0 Å². The van der Waals surface area contributed by atoms with Crippen molar-refractivity contribution in [3.05, 3.63) is 26.4 Å². The molecule has 0 radical (unpaired) electrons. The summed E-state index contributed by atoms with van der Waals surface area (Å²) >= 11 is 0. The van der Waals surface area contributed by atoms with Gasteiger partial charge in [-0.2, -0.15) is 0 Å². The van der Waals surface area contributed by atoms with E-state index in [2.05, 4.69) is 9.98 Å². The Morgan fingerprint density at radius 1 is 1.41 bits per heavy atom. The van der Waals surface area contributed by atoms with Gasteiger partial charge in [-0.1, -0.05) is 26.2 Å². The number of aromatic amines is 1. The van der Waals surface area contributed by atoms with Crippen LogP contribution in [0.15, 0.2) is 14.6 Å². The van der Waals surface area contributed by atoms with Crippen LogP contribution in [-0.2, 0) is 6.54 Å². The van der Waals surface area contributed by atoms with Crippen molar-refractivity contribution in [2.75, 3.05) is 0 Å².